The molecule has 6 heteroatoms. The summed E-state index contributed by atoms with van der Waals surface area (Å²) in [5.41, 5.74) is 2.07. The van der Waals surface area contributed by atoms with Crippen LogP contribution in [-0.4, -0.2) is 54.6 Å². The van der Waals surface area contributed by atoms with Crippen LogP contribution in [0.15, 0.2) is 24.3 Å². The third-order valence-corrected chi connectivity index (χ3v) is 6.28. The molecule has 0 unspecified atom stereocenters. The number of carbonyl (C=O) groups is 2. The van der Waals surface area contributed by atoms with Gasteiger partial charge in [0, 0.05) is 37.3 Å². The summed E-state index contributed by atoms with van der Waals surface area (Å²) in [7, 11) is 2.19. The van der Waals surface area contributed by atoms with Crippen molar-refractivity contribution in [2.45, 2.75) is 64.5 Å². The zero-order valence-corrected chi connectivity index (χ0v) is 17.9. The molecule has 1 aromatic carbocycles. The molecule has 0 bridgehead atoms. The lowest BCUT2D eigenvalue weighted by Crippen LogP contribution is -2.41. The number of rotatable bonds is 6. The number of carbonyl (C=O) groups excluding carboxylic acids is 2. The van der Waals surface area contributed by atoms with E-state index in [1.807, 2.05) is 18.2 Å². The first-order valence-electron chi connectivity index (χ1n) is 11.1. The molecule has 1 saturated carbocycles. The molecule has 2 fully saturated rings. The van der Waals surface area contributed by atoms with Crippen LogP contribution in [0.5, 0.6) is 0 Å². The predicted molar refractivity (Wildman–Crippen MR) is 115 cm³/mol. The molecule has 0 spiro atoms. The van der Waals surface area contributed by atoms with Crippen molar-refractivity contribution in [3.8, 4) is 0 Å². The summed E-state index contributed by atoms with van der Waals surface area (Å²) < 4.78 is 5.06. The number of ether oxygens (including phenoxy) is 1. The van der Waals surface area contributed by atoms with E-state index in [9.17, 15) is 9.59 Å². The van der Waals surface area contributed by atoms with E-state index >= 15 is 0 Å². The molecular weight excluding hydrogens is 366 g/mol. The van der Waals surface area contributed by atoms with Crippen LogP contribution in [0.1, 0.15) is 57.4 Å². The highest BCUT2D eigenvalue weighted by atomic mass is 16.6. The fourth-order valence-electron chi connectivity index (χ4n) is 4.47. The third kappa shape index (κ3) is 5.95. The lowest BCUT2D eigenvalue weighted by atomic mass is 9.94. The van der Waals surface area contributed by atoms with Crippen molar-refractivity contribution in [2.75, 3.05) is 32.1 Å². The summed E-state index contributed by atoms with van der Waals surface area (Å²) >= 11 is 0. The minimum atomic E-state index is -0.276. The van der Waals surface area contributed by atoms with Crippen LogP contribution < -0.4 is 5.32 Å². The number of para-hydroxylation sites is 1. The number of benzene rings is 1. The minimum absolute atomic E-state index is 0.0567. The van der Waals surface area contributed by atoms with Crippen molar-refractivity contribution < 1.29 is 14.3 Å². The standard InChI is InChI=1S/C23H35N3O3/c1-3-29-23(28)26-15-13-18(14-16-26)22(27)24-21-12-8-7-9-19(21)17-25(2)20-10-5-4-6-11-20/h7-9,12,18,20H,3-6,10-11,13-17H2,1-2H3,(H,24,27). The maximum Gasteiger partial charge on any atom is 0.409 e. The summed E-state index contributed by atoms with van der Waals surface area (Å²) in [4.78, 5) is 28.8. The van der Waals surface area contributed by atoms with Crippen LogP contribution in [-0.2, 0) is 16.1 Å². The first-order chi connectivity index (χ1) is 14.1. The van der Waals surface area contributed by atoms with E-state index in [1.54, 1.807) is 11.8 Å². The van der Waals surface area contributed by atoms with Gasteiger partial charge in [0.15, 0.2) is 0 Å². The van der Waals surface area contributed by atoms with Gasteiger partial charge in [-0.2, -0.15) is 0 Å². The molecule has 1 N–H and O–H groups in total. The number of piperidine rings is 1. The molecule has 3 rings (SSSR count). The normalized spacial score (nSPS) is 18.7. The van der Waals surface area contributed by atoms with E-state index in [0.29, 0.717) is 38.6 Å². The van der Waals surface area contributed by atoms with Crippen molar-refractivity contribution >= 4 is 17.7 Å². The Balaban J connectivity index is 1.55. The van der Waals surface area contributed by atoms with Gasteiger partial charge in [0.2, 0.25) is 5.91 Å². The third-order valence-electron chi connectivity index (χ3n) is 6.28. The van der Waals surface area contributed by atoms with Crippen LogP contribution in [0.25, 0.3) is 0 Å². The Kier molecular flexibility index (Phi) is 7.92. The molecule has 1 saturated heterocycles. The van der Waals surface area contributed by atoms with Crippen molar-refractivity contribution in [1.29, 1.82) is 0 Å². The molecule has 160 valence electrons. The summed E-state index contributed by atoms with van der Waals surface area (Å²) in [6.07, 6.45) is 7.60. The van der Waals surface area contributed by atoms with Gasteiger partial charge in [-0.15, -0.1) is 0 Å². The van der Waals surface area contributed by atoms with Crippen LogP contribution >= 0.6 is 0 Å². The van der Waals surface area contributed by atoms with Gasteiger partial charge in [0.05, 0.1) is 6.61 Å². The number of nitrogens with zero attached hydrogens (tertiary/aromatic N) is 2. The Hall–Kier alpha value is -2.08. The van der Waals surface area contributed by atoms with Gasteiger partial charge in [0.25, 0.3) is 0 Å². The SMILES string of the molecule is CCOC(=O)N1CCC(C(=O)Nc2ccccc2CN(C)C2CCCCC2)CC1. The second kappa shape index (κ2) is 10.6. The molecule has 1 heterocycles. The van der Waals surface area contributed by atoms with Gasteiger partial charge >= 0.3 is 6.09 Å². The zero-order valence-electron chi connectivity index (χ0n) is 17.9. The van der Waals surface area contributed by atoms with Crippen LogP contribution in [0.4, 0.5) is 10.5 Å². The average Bonchev–Trinajstić information content (AvgIpc) is 2.76. The Labute approximate surface area is 174 Å². The molecule has 29 heavy (non-hydrogen) atoms. The largest absolute Gasteiger partial charge is 0.450 e. The van der Waals surface area contributed by atoms with Crippen molar-refractivity contribution in [2.24, 2.45) is 5.92 Å². The summed E-state index contributed by atoms with van der Waals surface area (Å²) in [6, 6.07) is 8.76. The van der Waals surface area contributed by atoms with Gasteiger partial charge in [-0.1, -0.05) is 37.5 Å². The number of likely N-dealkylation sites (tertiary alicyclic amines) is 1. The van der Waals surface area contributed by atoms with Gasteiger partial charge in [-0.25, -0.2) is 4.79 Å². The highest BCUT2D eigenvalue weighted by Gasteiger charge is 2.28. The Bertz CT molecular complexity index is 680. The highest BCUT2D eigenvalue weighted by molar-refractivity contribution is 5.93. The molecule has 1 aliphatic carbocycles. The maximum atomic E-state index is 12.9. The van der Waals surface area contributed by atoms with Crippen molar-refractivity contribution in [1.82, 2.24) is 9.80 Å². The van der Waals surface area contributed by atoms with E-state index in [1.165, 1.54) is 32.1 Å². The zero-order chi connectivity index (χ0) is 20.6. The Morgan fingerprint density at radius 3 is 2.48 bits per heavy atom. The van der Waals surface area contributed by atoms with E-state index in [-0.39, 0.29) is 17.9 Å². The minimum Gasteiger partial charge on any atom is -0.450 e. The van der Waals surface area contributed by atoms with E-state index in [4.69, 9.17) is 4.74 Å². The number of nitrogens with one attached hydrogen (secondary N) is 1. The predicted octanol–water partition coefficient (Wildman–Crippen LogP) is 4.26. The average molecular weight is 402 g/mol. The van der Waals surface area contributed by atoms with Gasteiger partial charge < -0.3 is 15.0 Å². The lowest BCUT2D eigenvalue weighted by Gasteiger charge is -2.32. The Morgan fingerprint density at radius 1 is 1.10 bits per heavy atom. The molecule has 6 nitrogen and oxygen atoms in total. The van der Waals surface area contributed by atoms with Crippen LogP contribution in [0.2, 0.25) is 0 Å². The quantitative estimate of drug-likeness (QED) is 0.774. The second-order valence-electron chi connectivity index (χ2n) is 8.31. The van der Waals surface area contributed by atoms with E-state index in [0.717, 1.165) is 17.8 Å². The fourth-order valence-corrected chi connectivity index (χ4v) is 4.47. The monoisotopic (exact) mass is 401 g/mol. The first kappa shape index (κ1) is 21.6. The highest BCUT2D eigenvalue weighted by Crippen LogP contribution is 2.26. The topological polar surface area (TPSA) is 61.9 Å². The summed E-state index contributed by atoms with van der Waals surface area (Å²) in [6.45, 7) is 4.18. The van der Waals surface area contributed by atoms with Gasteiger partial charge in [-0.3, -0.25) is 9.69 Å². The smallest absolute Gasteiger partial charge is 0.409 e. The molecular formula is C23H35N3O3. The lowest BCUT2D eigenvalue weighted by molar-refractivity contribution is -0.121. The fraction of sp³-hybridized carbons (Fsp3) is 0.652. The van der Waals surface area contributed by atoms with E-state index in [2.05, 4.69) is 23.3 Å². The van der Waals surface area contributed by atoms with Crippen LogP contribution in [0.3, 0.4) is 0 Å². The molecule has 0 aromatic heterocycles. The second-order valence-corrected chi connectivity index (χ2v) is 8.31. The number of anilines is 1. The van der Waals surface area contributed by atoms with Crippen molar-refractivity contribution in [3.63, 3.8) is 0 Å². The molecule has 2 amide bonds. The number of hydrogen-bond donors (Lipinski definition) is 1. The molecule has 0 radical (unpaired) electrons. The first-order valence-corrected chi connectivity index (χ1v) is 11.1. The molecule has 2 aliphatic rings. The van der Waals surface area contributed by atoms with Gasteiger partial charge in [0.1, 0.15) is 0 Å². The molecule has 0 atom stereocenters. The number of hydrogen-bond acceptors (Lipinski definition) is 4. The number of amides is 2. The molecule has 1 aliphatic heterocycles. The Morgan fingerprint density at radius 2 is 1.79 bits per heavy atom. The summed E-state index contributed by atoms with van der Waals surface area (Å²) in [5.74, 6) is -0.00825. The van der Waals surface area contributed by atoms with Crippen molar-refractivity contribution in [3.05, 3.63) is 29.8 Å². The van der Waals surface area contributed by atoms with Crippen LogP contribution in [0, 0.1) is 5.92 Å². The van der Waals surface area contributed by atoms with E-state index < -0.39 is 0 Å². The van der Waals surface area contributed by atoms with Gasteiger partial charge in [-0.05, 0) is 51.3 Å². The molecule has 1 aromatic rings. The summed E-state index contributed by atoms with van der Waals surface area (Å²) in [5, 5.41) is 3.16. The maximum absolute atomic E-state index is 12.9.